The number of imide groups is 1. The minimum Gasteiger partial charge on any atom is -0.494 e. The average molecular weight is 463 g/mol. The quantitative estimate of drug-likeness (QED) is 0.483. The van der Waals surface area contributed by atoms with E-state index in [1.54, 1.807) is 36.4 Å². The Morgan fingerprint density at radius 3 is 2.26 bits per heavy atom. The molecule has 4 nitrogen and oxygen atoms in total. The van der Waals surface area contributed by atoms with Gasteiger partial charge in [0.25, 0.3) is 11.1 Å². The van der Waals surface area contributed by atoms with Gasteiger partial charge in [-0.25, -0.2) is 0 Å². The molecule has 0 atom stereocenters. The van der Waals surface area contributed by atoms with Gasteiger partial charge in [-0.05, 0) is 53.2 Å². The Labute approximate surface area is 180 Å². The van der Waals surface area contributed by atoms with E-state index >= 15 is 0 Å². The molecule has 2 amide bonds. The summed E-state index contributed by atoms with van der Waals surface area (Å²) in [5.74, 6) is -0.0534. The van der Waals surface area contributed by atoms with Crippen LogP contribution in [0.15, 0.2) is 35.2 Å². The SMILES string of the molecule is COc1c(Cl)cc(/C=C2\SC(=O)N(Cc3ccc(Cl)c(Cl)c3)C2=O)cc1Cl. The lowest BCUT2D eigenvalue weighted by atomic mass is 10.2. The molecule has 1 aliphatic heterocycles. The highest BCUT2D eigenvalue weighted by Crippen LogP contribution is 2.37. The van der Waals surface area contributed by atoms with Gasteiger partial charge in [0.1, 0.15) is 0 Å². The first kappa shape index (κ1) is 20.4. The van der Waals surface area contributed by atoms with Crippen molar-refractivity contribution in [1.29, 1.82) is 0 Å². The zero-order valence-electron chi connectivity index (χ0n) is 13.8. The van der Waals surface area contributed by atoms with Crippen LogP contribution in [0.25, 0.3) is 6.08 Å². The Balaban J connectivity index is 1.85. The number of carbonyl (C=O) groups excluding carboxylic acids is 2. The number of hydrogen-bond donors (Lipinski definition) is 0. The van der Waals surface area contributed by atoms with Crippen molar-refractivity contribution in [2.45, 2.75) is 6.54 Å². The lowest BCUT2D eigenvalue weighted by molar-refractivity contribution is -0.123. The first-order valence-electron chi connectivity index (χ1n) is 7.52. The molecular formula is C18H11Cl4NO3S. The first-order valence-corrected chi connectivity index (χ1v) is 9.85. The molecule has 0 radical (unpaired) electrons. The number of benzene rings is 2. The Bertz CT molecular complexity index is 954. The average Bonchev–Trinajstić information content (AvgIpc) is 2.85. The normalized spacial score (nSPS) is 15.7. The first-order chi connectivity index (χ1) is 12.8. The van der Waals surface area contributed by atoms with E-state index in [9.17, 15) is 9.59 Å². The van der Waals surface area contributed by atoms with Gasteiger partial charge in [0.15, 0.2) is 5.75 Å². The van der Waals surface area contributed by atoms with Gasteiger partial charge in [0.05, 0.1) is 38.7 Å². The zero-order valence-corrected chi connectivity index (χ0v) is 17.6. The number of hydrogen-bond acceptors (Lipinski definition) is 4. The van der Waals surface area contributed by atoms with Crippen molar-refractivity contribution in [3.05, 3.63) is 66.5 Å². The molecule has 140 valence electrons. The van der Waals surface area contributed by atoms with Gasteiger partial charge in [-0.2, -0.15) is 0 Å². The molecule has 0 saturated carbocycles. The molecule has 0 aromatic heterocycles. The predicted molar refractivity (Wildman–Crippen MR) is 111 cm³/mol. The highest BCUT2D eigenvalue weighted by atomic mass is 35.5. The van der Waals surface area contributed by atoms with Crippen LogP contribution >= 0.6 is 58.2 Å². The van der Waals surface area contributed by atoms with Crippen LogP contribution in [0.3, 0.4) is 0 Å². The van der Waals surface area contributed by atoms with E-state index in [4.69, 9.17) is 51.1 Å². The Morgan fingerprint density at radius 2 is 1.67 bits per heavy atom. The molecule has 27 heavy (non-hydrogen) atoms. The Hall–Kier alpha value is -1.37. The summed E-state index contributed by atoms with van der Waals surface area (Å²) < 4.78 is 5.10. The number of halogens is 4. The number of thioether (sulfide) groups is 1. The predicted octanol–water partition coefficient (Wildman–Crippen LogP) is 6.55. The number of rotatable bonds is 4. The summed E-state index contributed by atoms with van der Waals surface area (Å²) in [5, 5.41) is 1.02. The Kier molecular flexibility index (Phi) is 6.28. The highest BCUT2D eigenvalue weighted by molar-refractivity contribution is 8.18. The van der Waals surface area contributed by atoms with Crippen LogP contribution < -0.4 is 4.74 Å². The smallest absolute Gasteiger partial charge is 0.293 e. The summed E-state index contributed by atoms with van der Waals surface area (Å²) in [6.45, 7) is 0.100. The van der Waals surface area contributed by atoms with Crippen LogP contribution in [0.4, 0.5) is 4.79 Å². The van der Waals surface area contributed by atoms with Gasteiger partial charge in [-0.1, -0.05) is 52.5 Å². The fraction of sp³-hybridized carbons (Fsp3) is 0.111. The zero-order chi connectivity index (χ0) is 19.7. The van der Waals surface area contributed by atoms with Crippen molar-refractivity contribution in [3.8, 4) is 5.75 Å². The molecule has 3 rings (SSSR count). The fourth-order valence-corrected chi connectivity index (χ4v) is 4.28. The minimum atomic E-state index is -0.404. The van der Waals surface area contributed by atoms with Crippen LogP contribution in [-0.2, 0) is 11.3 Å². The topological polar surface area (TPSA) is 46.6 Å². The molecule has 0 spiro atoms. The van der Waals surface area contributed by atoms with Crippen LogP contribution in [-0.4, -0.2) is 23.2 Å². The number of amides is 2. The minimum absolute atomic E-state index is 0.100. The Morgan fingerprint density at radius 1 is 1.00 bits per heavy atom. The highest BCUT2D eigenvalue weighted by Gasteiger charge is 2.35. The second-order valence-corrected chi connectivity index (χ2v) is 8.16. The number of nitrogens with zero attached hydrogens (tertiary/aromatic N) is 1. The van der Waals surface area contributed by atoms with Crippen LogP contribution in [0.2, 0.25) is 20.1 Å². The van der Waals surface area contributed by atoms with Gasteiger partial charge in [-0.3, -0.25) is 14.5 Å². The number of methoxy groups -OCH3 is 1. The standard InChI is InChI=1S/C18H11Cl4NO3S/c1-26-16-13(21)5-10(6-14(16)22)7-15-17(24)23(18(25)27-15)8-9-2-3-11(19)12(20)4-9/h2-7H,8H2,1H3/b15-7-. The summed E-state index contributed by atoms with van der Waals surface area (Å²) in [6.07, 6.45) is 1.57. The molecule has 9 heteroatoms. The lowest BCUT2D eigenvalue weighted by Crippen LogP contribution is -2.27. The van der Waals surface area contributed by atoms with Crippen LogP contribution in [0.1, 0.15) is 11.1 Å². The molecule has 1 saturated heterocycles. The molecule has 2 aromatic carbocycles. The van der Waals surface area contributed by atoms with Crippen LogP contribution in [0, 0.1) is 0 Å². The van der Waals surface area contributed by atoms with Gasteiger partial charge in [0, 0.05) is 0 Å². The van der Waals surface area contributed by atoms with E-state index in [1.807, 2.05) is 0 Å². The summed E-state index contributed by atoms with van der Waals surface area (Å²) in [7, 11) is 1.46. The van der Waals surface area contributed by atoms with Crippen molar-refractivity contribution in [2.24, 2.45) is 0 Å². The lowest BCUT2D eigenvalue weighted by Gasteiger charge is -2.13. The summed E-state index contributed by atoms with van der Waals surface area (Å²) in [6, 6.07) is 8.18. The molecular weight excluding hydrogens is 452 g/mol. The van der Waals surface area contributed by atoms with Crippen molar-refractivity contribution in [3.63, 3.8) is 0 Å². The molecule has 1 aliphatic rings. The third-order valence-electron chi connectivity index (χ3n) is 3.72. The largest absolute Gasteiger partial charge is 0.494 e. The summed E-state index contributed by atoms with van der Waals surface area (Å²) in [5.41, 5.74) is 1.29. The van der Waals surface area contributed by atoms with Gasteiger partial charge in [0.2, 0.25) is 0 Å². The van der Waals surface area contributed by atoms with E-state index in [-0.39, 0.29) is 16.7 Å². The third kappa shape index (κ3) is 4.39. The van der Waals surface area contributed by atoms with Crippen molar-refractivity contribution in [1.82, 2.24) is 4.90 Å². The van der Waals surface area contributed by atoms with Gasteiger partial charge < -0.3 is 4.74 Å². The van der Waals surface area contributed by atoms with E-state index in [1.165, 1.54) is 7.11 Å². The molecule has 0 N–H and O–H groups in total. The summed E-state index contributed by atoms with van der Waals surface area (Å²) >= 11 is 25.0. The molecule has 0 bridgehead atoms. The van der Waals surface area contributed by atoms with Gasteiger partial charge >= 0.3 is 0 Å². The fourth-order valence-electron chi connectivity index (χ4n) is 2.47. The molecule has 1 heterocycles. The maximum Gasteiger partial charge on any atom is 0.293 e. The second kappa shape index (κ2) is 8.33. The van der Waals surface area contributed by atoms with E-state index in [2.05, 4.69) is 0 Å². The van der Waals surface area contributed by atoms with Crippen molar-refractivity contribution in [2.75, 3.05) is 7.11 Å². The second-order valence-electron chi connectivity index (χ2n) is 5.53. The van der Waals surface area contributed by atoms with E-state index in [0.717, 1.165) is 16.7 Å². The van der Waals surface area contributed by atoms with Crippen molar-refractivity contribution >= 4 is 75.4 Å². The molecule has 1 fully saturated rings. The number of carbonyl (C=O) groups is 2. The third-order valence-corrected chi connectivity index (χ3v) is 5.93. The van der Waals surface area contributed by atoms with Crippen molar-refractivity contribution < 1.29 is 14.3 Å². The van der Waals surface area contributed by atoms with E-state index in [0.29, 0.717) is 37.0 Å². The molecule has 0 unspecified atom stereocenters. The van der Waals surface area contributed by atoms with Gasteiger partial charge in [-0.15, -0.1) is 0 Å². The maximum absolute atomic E-state index is 12.6. The molecule has 0 aliphatic carbocycles. The molecule has 2 aromatic rings. The monoisotopic (exact) mass is 461 g/mol. The summed E-state index contributed by atoms with van der Waals surface area (Å²) in [4.78, 5) is 26.3. The van der Waals surface area contributed by atoms with E-state index < -0.39 is 5.91 Å². The number of ether oxygens (including phenoxy) is 1. The maximum atomic E-state index is 12.6. The van der Waals surface area contributed by atoms with Crippen LogP contribution in [0.5, 0.6) is 5.75 Å².